The first-order valence-electron chi connectivity index (χ1n) is 15.3. The number of para-hydroxylation sites is 4. The Kier molecular flexibility index (Phi) is 5.82. The maximum Gasteiger partial charge on any atom is 0.145 e. The van der Waals surface area contributed by atoms with Gasteiger partial charge in [0.2, 0.25) is 0 Å². The summed E-state index contributed by atoms with van der Waals surface area (Å²) in [4.78, 5) is 10.2. The van der Waals surface area contributed by atoms with Crippen LogP contribution in [0.25, 0.3) is 82.9 Å². The number of hydrogen-bond acceptors (Lipinski definition) is 2. The summed E-state index contributed by atoms with van der Waals surface area (Å²) in [5, 5.41) is 6.11. The number of pyridine rings is 1. The Morgan fingerprint density at radius 2 is 0.978 bits per heavy atom. The standard InChI is InChI=1S/C42H27N3/c1-2-11-33(12-3-1)45-39-17-9-8-16-38(39)44-42(45)32-24-20-29(21-25-32)28-18-22-31(23-19-28)41-36-27-26-30-10-4-5-13-34(30)40(36)35-14-6-7-15-37(35)43-41/h1-27H. The summed E-state index contributed by atoms with van der Waals surface area (Å²) in [6.07, 6.45) is 0. The number of imidazole rings is 1. The molecule has 0 unspecified atom stereocenters. The molecular formula is C42H27N3. The molecular weight excluding hydrogens is 546 g/mol. The Morgan fingerprint density at radius 3 is 1.76 bits per heavy atom. The molecule has 210 valence electrons. The summed E-state index contributed by atoms with van der Waals surface area (Å²) in [6.45, 7) is 0. The van der Waals surface area contributed by atoms with Gasteiger partial charge in [-0.2, -0.15) is 0 Å². The van der Waals surface area contributed by atoms with E-state index in [1.165, 1.54) is 26.9 Å². The zero-order valence-electron chi connectivity index (χ0n) is 24.4. The summed E-state index contributed by atoms with van der Waals surface area (Å²) in [7, 11) is 0. The fourth-order valence-corrected chi connectivity index (χ4v) is 6.63. The number of fused-ring (bicyclic) bond motifs is 6. The molecule has 3 nitrogen and oxygen atoms in total. The minimum absolute atomic E-state index is 0.936. The quantitative estimate of drug-likeness (QED) is 0.196. The summed E-state index contributed by atoms with van der Waals surface area (Å²) in [5.74, 6) is 0.936. The second-order valence-electron chi connectivity index (χ2n) is 11.4. The van der Waals surface area contributed by atoms with Crippen LogP contribution in [0.15, 0.2) is 164 Å². The van der Waals surface area contributed by atoms with Gasteiger partial charge in [0.15, 0.2) is 0 Å². The highest BCUT2D eigenvalue weighted by atomic mass is 15.1. The van der Waals surface area contributed by atoms with Crippen LogP contribution in [0.3, 0.4) is 0 Å². The molecule has 0 radical (unpaired) electrons. The van der Waals surface area contributed by atoms with Gasteiger partial charge in [0.25, 0.3) is 0 Å². The number of rotatable bonds is 4. The molecule has 9 aromatic rings. The van der Waals surface area contributed by atoms with Gasteiger partial charge >= 0.3 is 0 Å². The van der Waals surface area contributed by atoms with Crippen molar-refractivity contribution in [1.29, 1.82) is 0 Å². The van der Waals surface area contributed by atoms with Crippen molar-refractivity contribution in [3.8, 4) is 39.5 Å². The molecule has 0 aliphatic rings. The molecule has 0 saturated heterocycles. The third-order valence-electron chi connectivity index (χ3n) is 8.80. The van der Waals surface area contributed by atoms with E-state index in [0.717, 1.165) is 56.0 Å². The van der Waals surface area contributed by atoms with Gasteiger partial charge in [-0.25, -0.2) is 9.97 Å². The fraction of sp³-hybridized carbons (Fsp3) is 0. The van der Waals surface area contributed by atoms with Crippen LogP contribution < -0.4 is 0 Å². The lowest BCUT2D eigenvalue weighted by Gasteiger charge is -2.13. The van der Waals surface area contributed by atoms with Crippen molar-refractivity contribution in [2.45, 2.75) is 0 Å². The molecule has 0 saturated carbocycles. The molecule has 3 heteroatoms. The lowest BCUT2D eigenvalue weighted by atomic mass is 9.94. The highest BCUT2D eigenvalue weighted by molar-refractivity contribution is 6.22. The molecule has 0 N–H and O–H groups in total. The largest absolute Gasteiger partial charge is 0.292 e. The Labute approximate surface area is 260 Å². The molecule has 0 atom stereocenters. The maximum absolute atomic E-state index is 5.17. The van der Waals surface area contributed by atoms with E-state index in [4.69, 9.17) is 9.97 Å². The number of hydrogen-bond donors (Lipinski definition) is 0. The van der Waals surface area contributed by atoms with Crippen LogP contribution in [-0.2, 0) is 0 Å². The molecule has 0 aliphatic carbocycles. The number of aromatic nitrogens is 3. The molecule has 2 aromatic heterocycles. The molecule has 45 heavy (non-hydrogen) atoms. The number of benzene rings is 7. The van der Waals surface area contributed by atoms with Crippen molar-refractivity contribution in [3.63, 3.8) is 0 Å². The average molecular weight is 574 g/mol. The van der Waals surface area contributed by atoms with Gasteiger partial charge in [-0.1, -0.05) is 133 Å². The van der Waals surface area contributed by atoms with Crippen molar-refractivity contribution >= 4 is 43.5 Å². The molecule has 0 bridgehead atoms. The van der Waals surface area contributed by atoms with Crippen molar-refractivity contribution < 1.29 is 0 Å². The van der Waals surface area contributed by atoms with Gasteiger partial charge in [0.1, 0.15) is 5.82 Å². The van der Waals surface area contributed by atoms with Crippen molar-refractivity contribution in [3.05, 3.63) is 164 Å². The average Bonchev–Trinajstić information content (AvgIpc) is 3.51. The van der Waals surface area contributed by atoms with Gasteiger partial charge in [0, 0.05) is 33.0 Å². The van der Waals surface area contributed by atoms with Gasteiger partial charge in [-0.15, -0.1) is 0 Å². The van der Waals surface area contributed by atoms with Crippen molar-refractivity contribution in [2.24, 2.45) is 0 Å². The smallest absolute Gasteiger partial charge is 0.145 e. The second-order valence-corrected chi connectivity index (χ2v) is 11.4. The molecule has 7 aromatic carbocycles. The van der Waals surface area contributed by atoms with E-state index in [0.29, 0.717) is 0 Å². The molecule has 0 amide bonds. The third kappa shape index (κ3) is 4.21. The first-order chi connectivity index (χ1) is 22.3. The van der Waals surface area contributed by atoms with Crippen LogP contribution in [0.1, 0.15) is 0 Å². The van der Waals surface area contributed by atoms with Crippen LogP contribution >= 0.6 is 0 Å². The lowest BCUT2D eigenvalue weighted by molar-refractivity contribution is 1.10. The van der Waals surface area contributed by atoms with Crippen LogP contribution in [-0.4, -0.2) is 14.5 Å². The Hall–Kier alpha value is -6.06. The molecule has 2 heterocycles. The monoisotopic (exact) mass is 573 g/mol. The van der Waals surface area contributed by atoms with Crippen LogP contribution in [0.4, 0.5) is 0 Å². The van der Waals surface area contributed by atoms with E-state index in [1.807, 2.05) is 12.1 Å². The molecule has 0 aliphatic heterocycles. The van der Waals surface area contributed by atoms with Gasteiger partial charge < -0.3 is 0 Å². The maximum atomic E-state index is 5.17. The van der Waals surface area contributed by atoms with E-state index < -0.39 is 0 Å². The number of nitrogens with zero attached hydrogens (tertiary/aromatic N) is 3. The Balaban J connectivity index is 1.11. The first-order valence-corrected chi connectivity index (χ1v) is 15.3. The molecule has 0 fully saturated rings. The van der Waals surface area contributed by atoms with E-state index in [1.54, 1.807) is 0 Å². The van der Waals surface area contributed by atoms with E-state index >= 15 is 0 Å². The van der Waals surface area contributed by atoms with E-state index in [9.17, 15) is 0 Å². The van der Waals surface area contributed by atoms with Gasteiger partial charge in [-0.05, 0) is 52.2 Å². The fourth-order valence-electron chi connectivity index (χ4n) is 6.63. The Bertz CT molecular complexity index is 2490. The third-order valence-corrected chi connectivity index (χ3v) is 8.80. The normalized spacial score (nSPS) is 11.6. The zero-order chi connectivity index (χ0) is 29.7. The SMILES string of the molecule is c1ccc(-n2c(-c3ccc(-c4ccc(-c5nc6ccccc6c6c5ccc5ccccc56)cc4)cc3)nc3ccccc32)cc1. The minimum atomic E-state index is 0.936. The highest BCUT2D eigenvalue weighted by Crippen LogP contribution is 2.38. The van der Waals surface area contributed by atoms with E-state index in [2.05, 4.69) is 156 Å². The first kappa shape index (κ1) is 25.4. The predicted octanol–water partition coefficient (Wildman–Crippen LogP) is 10.9. The van der Waals surface area contributed by atoms with Crippen LogP contribution in [0.5, 0.6) is 0 Å². The lowest BCUT2D eigenvalue weighted by Crippen LogP contribution is -1.97. The van der Waals surface area contributed by atoms with Crippen molar-refractivity contribution in [1.82, 2.24) is 14.5 Å². The summed E-state index contributed by atoms with van der Waals surface area (Å²) < 4.78 is 2.24. The topological polar surface area (TPSA) is 30.7 Å². The summed E-state index contributed by atoms with van der Waals surface area (Å²) >= 11 is 0. The Morgan fingerprint density at radius 1 is 0.378 bits per heavy atom. The van der Waals surface area contributed by atoms with E-state index in [-0.39, 0.29) is 0 Å². The molecule has 0 spiro atoms. The highest BCUT2D eigenvalue weighted by Gasteiger charge is 2.15. The predicted molar refractivity (Wildman–Crippen MR) is 188 cm³/mol. The zero-order valence-corrected chi connectivity index (χ0v) is 24.4. The molecule has 9 rings (SSSR count). The van der Waals surface area contributed by atoms with Gasteiger partial charge in [0.05, 0.1) is 22.2 Å². The van der Waals surface area contributed by atoms with Crippen LogP contribution in [0, 0.1) is 0 Å². The van der Waals surface area contributed by atoms with Crippen LogP contribution in [0.2, 0.25) is 0 Å². The minimum Gasteiger partial charge on any atom is -0.292 e. The van der Waals surface area contributed by atoms with Gasteiger partial charge in [-0.3, -0.25) is 4.57 Å². The summed E-state index contributed by atoms with van der Waals surface area (Å²) in [6, 6.07) is 57.8. The second kappa shape index (κ2) is 10.3. The summed E-state index contributed by atoms with van der Waals surface area (Å²) in [5.41, 5.74) is 9.72. The van der Waals surface area contributed by atoms with Crippen molar-refractivity contribution in [2.75, 3.05) is 0 Å².